The highest BCUT2D eigenvalue weighted by Gasteiger charge is 2.34. The van der Waals surface area contributed by atoms with Gasteiger partial charge in [-0.15, -0.1) is 0 Å². The van der Waals surface area contributed by atoms with Crippen LogP contribution < -0.4 is 9.64 Å². The summed E-state index contributed by atoms with van der Waals surface area (Å²) < 4.78 is 20.6. The number of anilines is 1. The molecule has 2 N–H and O–H groups in total. The first-order valence-electron chi connectivity index (χ1n) is 12.3. The third-order valence-corrected chi connectivity index (χ3v) is 6.90. The molecular weight excluding hydrogens is 481 g/mol. The summed E-state index contributed by atoms with van der Waals surface area (Å²) in [6.45, 7) is 6.09. The SMILES string of the molecule is CCc1ccc([C@](C)(O)CN2CCN(c3ccc(OCCO)cc3F)[C@H](c3ccc(Cl)cc3)C2)cn1. The lowest BCUT2D eigenvalue weighted by Gasteiger charge is -2.45. The summed E-state index contributed by atoms with van der Waals surface area (Å²) in [6.07, 6.45) is 2.60. The summed E-state index contributed by atoms with van der Waals surface area (Å²) in [4.78, 5) is 8.71. The van der Waals surface area contributed by atoms with Crippen molar-refractivity contribution in [1.82, 2.24) is 9.88 Å². The Balaban J connectivity index is 1.57. The van der Waals surface area contributed by atoms with Gasteiger partial charge in [-0.05, 0) is 49.2 Å². The van der Waals surface area contributed by atoms with Crippen LogP contribution in [0.2, 0.25) is 5.02 Å². The van der Waals surface area contributed by atoms with Gasteiger partial charge in [-0.3, -0.25) is 9.88 Å². The second-order valence-corrected chi connectivity index (χ2v) is 9.78. The van der Waals surface area contributed by atoms with E-state index in [0.717, 1.165) is 23.2 Å². The number of piperazine rings is 1. The number of hydrogen-bond acceptors (Lipinski definition) is 6. The Morgan fingerprint density at radius 3 is 2.56 bits per heavy atom. The molecule has 1 aliphatic rings. The molecule has 0 saturated carbocycles. The van der Waals surface area contributed by atoms with Crippen molar-refractivity contribution in [3.63, 3.8) is 0 Å². The van der Waals surface area contributed by atoms with Gasteiger partial charge in [0.1, 0.15) is 23.8 Å². The predicted molar refractivity (Wildman–Crippen MR) is 140 cm³/mol. The summed E-state index contributed by atoms with van der Waals surface area (Å²) in [5.41, 5.74) is 2.17. The van der Waals surface area contributed by atoms with E-state index >= 15 is 4.39 Å². The number of hydrogen-bond donors (Lipinski definition) is 2. The van der Waals surface area contributed by atoms with Crippen LogP contribution in [0.4, 0.5) is 10.1 Å². The fraction of sp³-hybridized carbons (Fsp3) is 0.393. The Hall–Kier alpha value is -2.71. The molecule has 0 amide bonds. The fourth-order valence-corrected chi connectivity index (χ4v) is 4.82. The van der Waals surface area contributed by atoms with E-state index in [1.807, 2.05) is 43.3 Å². The molecule has 8 heteroatoms. The van der Waals surface area contributed by atoms with Crippen LogP contribution in [0.5, 0.6) is 5.75 Å². The van der Waals surface area contributed by atoms with E-state index in [1.165, 1.54) is 6.07 Å². The zero-order valence-electron chi connectivity index (χ0n) is 20.7. The molecule has 0 unspecified atom stereocenters. The van der Waals surface area contributed by atoms with E-state index in [1.54, 1.807) is 18.3 Å². The molecular formula is C28H33ClFN3O3. The molecule has 0 radical (unpaired) electrons. The molecule has 2 heterocycles. The zero-order valence-corrected chi connectivity index (χ0v) is 21.5. The van der Waals surface area contributed by atoms with Crippen LogP contribution >= 0.6 is 11.6 Å². The number of aliphatic hydroxyl groups excluding tert-OH is 1. The van der Waals surface area contributed by atoms with Crippen molar-refractivity contribution in [1.29, 1.82) is 0 Å². The van der Waals surface area contributed by atoms with Crippen molar-refractivity contribution in [3.8, 4) is 5.75 Å². The van der Waals surface area contributed by atoms with Crippen LogP contribution in [0.15, 0.2) is 60.8 Å². The van der Waals surface area contributed by atoms with E-state index in [0.29, 0.717) is 42.6 Å². The molecule has 36 heavy (non-hydrogen) atoms. The Morgan fingerprint density at radius 2 is 1.92 bits per heavy atom. The van der Waals surface area contributed by atoms with Crippen LogP contribution in [0.1, 0.15) is 36.7 Å². The summed E-state index contributed by atoms with van der Waals surface area (Å²) in [5.74, 6) is -0.00216. The van der Waals surface area contributed by atoms with Crippen molar-refractivity contribution >= 4 is 17.3 Å². The second-order valence-electron chi connectivity index (χ2n) is 9.35. The van der Waals surface area contributed by atoms with Crippen molar-refractivity contribution in [2.75, 3.05) is 44.3 Å². The lowest BCUT2D eigenvalue weighted by Crippen LogP contribution is -2.52. The summed E-state index contributed by atoms with van der Waals surface area (Å²) in [5, 5.41) is 20.9. The molecule has 3 aromatic rings. The van der Waals surface area contributed by atoms with Crippen LogP contribution in [0.25, 0.3) is 0 Å². The van der Waals surface area contributed by atoms with Gasteiger partial charge >= 0.3 is 0 Å². The zero-order chi connectivity index (χ0) is 25.7. The number of β-amino-alcohol motifs (C(OH)–C–C–N with tert-alkyl or cyclic N) is 1. The Bertz CT molecular complexity index is 1140. The van der Waals surface area contributed by atoms with E-state index < -0.39 is 5.60 Å². The minimum Gasteiger partial charge on any atom is -0.491 e. The van der Waals surface area contributed by atoms with Gasteiger partial charge in [0.15, 0.2) is 0 Å². The molecule has 0 spiro atoms. The summed E-state index contributed by atoms with van der Waals surface area (Å²) in [7, 11) is 0. The number of aliphatic hydroxyl groups is 2. The third-order valence-electron chi connectivity index (χ3n) is 6.65. The smallest absolute Gasteiger partial charge is 0.150 e. The minimum atomic E-state index is -1.08. The molecule has 192 valence electrons. The van der Waals surface area contributed by atoms with E-state index in [9.17, 15) is 5.11 Å². The van der Waals surface area contributed by atoms with Crippen LogP contribution in [0.3, 0.4) is 0 Å². The highest BCUT2D eigenvalue weighted by Crippen LogP contribution is 2.35. The highest BCUT2D eigenvalue weighted by atomic mass is 35.5. The first-order chi connectivity index (χ1) is 17.3. The average molecular weight is 514 g/mol. The molecule has 2 aromatic carbocycles. The quantitative estimate of drug-likeness (QED) is 0.436. The standard InChI is InChI=1S/C28H33ClFN3O3/c1-3-23-9-6-21(17-31-23)28(2,35)19-32-12-13-33(27(18-32)20-4-7-22(29)8-5-20)26-11-10-24(16-25(26)30)36-15-14-34/h4-11,16-17,27,34-35H,3,12-15,18-19H2,1-2H3/t27-,28+/m0/s1. The fourth-order valence-electron chi connectivity index (χ4n) is 4.69. The maximum atomic E-state index is 15.2. The largest absolute Gasteiger partial charge is 0.491 e. The van der Waals surface area contributed by atoms with Gasteiger partial charge < -0.3 is 19.8 Å². The van der Waals surface area contributed by atoms with Crippen LogP contribution in [0, 0.1) is 5.82 Å². The number of aromatic nitrogens is 1. The van der Waals surface area contributed by atoms with E-state index in [2.05, 4.69) is 21.7 Å². The van der Waals surface area contributed by atoms with Crippen molar-refractivity contribution in [2.45, 2.75) is 31.9 Å². The monoisotopic (exact) mass is 513 g/mol. The Morgan fingerprint density at radius 1 is 1.14 bits per heavy atom. The number of pyridine rings is 1. The first-order valence-corrected chi connectivity index (χ1v) is 12.6. The number of aryl methyl sites for hydroxylation is 1. The lowest BCUT2D eigenvalue weighted by molar-refractivity contribution is 0.00995. The number of rotatable bonds is 9. The Labute approximate surface area is 216 Å². The average Bonchev–Trinajstić information content (AvgIpc) is 2.88. The molecule has 4 rings (SSSR count). The molecule has 1 aromatic heterocycles. The molecule has 1 fully saturated rings. The first kappa shape index (κ1) is 26.4. The van der Waals surface area contributed by atoms with E-state index in [4.69, 9.17) is 21.4 Å². The molecule has 0 aliphatic carbocycles. The summed E-state index contributed by atoms with van der Waals surface area (Å²) in [6, 6.07) is 16.1. The maximum absolute atomic E-state index is 15.2. The van der Waals surface area contributed by atoms with Gasteiger partial charge in [-0.2, -0.15) is 0 Å². The second kappa shape index (κ2) is 11.6. The Kier molecular flexibility index (Phi) is 8.46. The summed E-state index contributed by atoms with van der Waals surface area (Å²) >= 11 is 6.14. The van der Waals surface area contributed by atoms with Crippen molar-refractivity contribution in [2.24, 2.45) is 0 Å². The van der Waals surface area contributed by atoms with E-state index in [-0.39, 0.29) is 25.1 Å². The van der Waals surface area contributed by atoms with Gasteiger partial charge in [-0.1, -0.05) is 36.7 Å². The number of nitrogens with zero attached hydrogens (tertiary/aromatic N) is 3. The lowest BCUT2D eigenvalue weighted by atomic mass is 9.94. The molecule has 0 bridgehead atoms. The van der Waals surface area contributed by atoms with Gasteiger partial charge in [0.25, 0.3) is 0 Å². The maximum Gasteiger partial charge on any atom is 0.150 e. The van der Waals surface area contributed by atoms with Crippen LogP contribution in [-0.2, 0) is 12.0 Å². The number of halogens is 2. The van der Waals surface area contributed by atoms with Gasteiger partial charge in [0.2, 0.25) is 0 Å². The van der Waals surface area contributed by atoms with Gasteiger partial charge in [0, 0.05) is 54.7 Å². The normalized spacial score (nSPS) is 18.2. The highest BCUT2D eigenvalue weighted by molar-refractivity contribution is 6.30. The van der Waals surface area contributed by atoms with Crippen LogP contribution in [-0.4, -0.2) is 59.5 Å². The molecule has 2 atom stereocenters. The minimum absolute atomic E-state index is 0.113. The van der Waals surface area contributed by atoms with Crippen molar-refractivity contribution < 1.29 is 19.3 Å². The number of ether oxygens (including phenoxy) is 1. The van der Waals surface area contributed by atoms with Gasteiger partial charge in [0.05, 0.1) is 18.3 Å². The topological polar surface area (TPSA) is 69.1 Å². The molecule has 1 aliphatic heterocycles. The predicted octanol–water partition coefficient (Wildman–Crippen LogP) is 4.58. The van der Waals surface area contributed by atoms with Crippen molar-refractivity contribution in [3.05, 3.63) is 88.5 Å². The van der Waals surface area contributed by atoms with Gasteiger partial charge in [-0.25, -0.2) is 4.39 Å². The third kappa shape index (κ3) is 6.16. The molecule has 1 saturated heterocycles. The molecule has 6 nitrogen and oxygen atoms in total. The number of benzene rings is 2.